The molecule has 2 aromatic carbocycles. The van der Waals surface area contributed by atoms with Gasteiger partial charge in [0.1, 0.15) is 11.4 Å². The number of ether oxygens (including phenoxy) is 1. The Hall–Kier alpha value is -1.84. The van der Waals surface area contributed by atoms with Gasteiger partial charge in [0.15, 0.2) is 5.15 Å². The smallest absolute Gasteiger partial charge is 0.156 e. The molecule has 0 aliphatic heterocycles. The zero-order valence-corrected chi connectivity index (χ0v) is 14.1. The van der Waals surface area contributed by atoms with E-state index in [1.54, 1.807) is 25.3 Å². The summed E-state index contributed by atoms with van der Waals surface area (Å²) >= 11 is 12.3. The molecule has 0 saturated heterocycles. The molecule has 114 valence electrons. The van der Waals surface area contributed by atoms with E-state index in [9.17, 15) is 0 Å². The van der Waals surface area contributed by atoms with Gasteiger partial charge in [-0.15, -0.1) is 0 Å². The SMILES string of the molecule is CC.COc1ccc(Cl)cc1-c1nc2ccccc2nc1Cl. The molecule has 1 heterocycles. The molecule has 3 rings (SSSR count). The number of hydrogen-bond donors (Lipinski definition) is 0. The summed E-state index contributed by atoms with van der Waals surface area (Å²) in [6, 6.07) is 12.9. The molecule has 0 amide bonds. The van der Waals surface area contributed by atoms with Gasteiger partial charge >= 0.3 is 0 Å². The molecule has 3 aromatic rings. The molecule has 0 saturated carbocycles. The van der Waals surface area contributed by atoms with E-state index in [0.29, 0.717) is 21.6 Å². The van der Waals surface area contributed by atoms with Crippen LogP contribution in [0.25, 0.3) is 22.3 Å². The molecular formula is C17H16Cl2N2O. The van der Waals surface area contributed by atoms with Crippen LogP contribution in [-0.4, -0.2) is 17.1 Å². The van der Waals surface area contributed by atoms with Gasteiger partial charge < -0.3 is 4.74 Å². The molecule has 5 heteroatoms. The van der Waals surface area contributed by atoms with Gasteiger partial charge in [0.05, 0.1) is 18.1 Å². The van der Waals surface area contributed by atoms with Crippen molar-refractivity contribution in [2.75, 3.05) is 7.11 Å². The second kappa shape index (κ2) is 7.43. The van der Waals surface area contributed by atoms with E-state index >= 15 is 0 Å². The highest BCUT2D eigenvalue weighted by molar-refractivity contribution is 6.33. The van der Waals surface area contributed by atoms with Crippen molar-refractivity contribution in [1.29, 1.82) is 0 Å². The molecule has 3 nitrogen and oxygen atoms in total. The topological polar surface area (TPSA) is 35.0 Å². The molecule has 0 atom stereocenters. The number of rotatable bonds is 2. The summed E-state index contributed by atoms with van der Waals surface area (Å²) in [7, 11) is 1.59. The van der Waals surface area contributed by atoms with Crippen molar-refractivity contribution in [2.45, 2.75) is 13.8 Å². The van der Waals surface area contributed by atoms with Crippen LogP contribution in [-0.2, 0) is 0 Å². The van der Waals surface area contributed by atoms with E-state index in [2.05, 4.69) is 9.97 Å². The van der Waals surface area contributed by atoms with Crippen LogP contribution < -0.4 is 4.74 Å². The third-order valence-electron chi connectivity index (χ3n) is 2.94. The summed E-state index contributed by atoms with van der Waals surface area (Å²) in [5.74, 6) is 0.654. The lowest BCUT2D eigenvalue weighted by atomic mass is 10.1. The van der Waals surface area contributed by atoms with Gasteiger partial charge in [-0.05, 0) is 30.3 Å². The lowest BCUT2D eigenvalue weighted by Crippen LogP contribution is -1.94. The summed E-state index contributed by atoms with van der Waals surface area (Å²) in [6.45, 7) is 4.00. The molecule has 0 radical (unpaired) electrons. The predicted octanol–water partition coefficient (Wildman–Crippen LogP) is 5.64. The fourth-order valence-corrected chi connectivity index (χ4v) is 2.42. The van der Waals surface area contributed by atoms with E-state index in [1.165, 1.54) is 0 Å². The van der Waals surface area contributed by atoms with Gasteiger partial charge in [-0.25, -0.2) is 9.97 Å². The summed E-state index contributed by atoms with van der Waals surface area (Å²) < 4.78 is 5.34. The molecule has 1 aromatic heterocycles. The lowest BCUT2D eigenvalue weighted by molar-refractivity contribution is 0.416. The highest BCUT2D eigenvalue weighted by Crippen LogP contribution is 2.35. The van der Waals surface area contributed by atoms with Gasteiger partial charge in [0, 0.05) is 10.6 Å². The first-order chi connectivity index (χ1) is 10.7. The summed E-state index contributed by atoms with van der Waals surface area (Å²) in [5, 5.41) is 0.913. The Morgan fingerprint density at radius 1 is 0.909 bits per heavy atom. The zero-order valence-electron chi connectivity index (χ0n) is 12.6. The first-order valence-corrected chi connectivity index (χ1v) is 7.71. The van der Waals surface area contributed by atoms with Crippen molar-refractivity contribution in [1.82, 2.24) is 9.97 Å². The second-order valence-corrected chi connectivity index (χ2v) is 4.99. The largest absolute Gasteiger partial charge is 0.496 e. The summed E-state index contributed by atoms with van der Waals surface area (Å²) in [5.41, 5.74) is 2.81. The molecule has 0 aliphatic rings. The van der Waals surface area contributed by atoms with Crippen molar-refractivity contribution in [3.05, 3.63) is 52.6 Å². The molecule has 0 unspecified atom stereocenters. The summed E-state index contributed by atoms with van der Waals surface area (Å²) in [4.78, 5) is 8.92. The third kappa shape index (κ3) is 3.32. The Labute approximate surface area is 139 Å². The van der Waals surface area contributed by atoms with Gasteiger partial charge in [-0.2, -0.15) is 0 Å². The molecular weight excluding hydrogens is 319 g/mol. The van der Waals surface area contributed by atoms with Crippen molar-refractivity contribution in [2.24, 2.45) is 0 Å². The van der Waals surface area contributed by atoms with Crippen LogP contribution in [0.2, 0.25) is 10.2 Å². The second-order valence-electron chi connectivity index (χ2n) is 4.20. The Morgan fingerprint density at radius 2 is 1.55 bits per heavy atom. The zero-order chi connectivity index (χ0) is 16.1. The number of fused-ring (bicyclic) bond motifs is 1. The van der Waals surface area contributed by atoms with Crippen molar-refractivity contribution in [3.8, 4) is 17.0 Å². The first-order valence-electron chi connectivity index (χ1n) is 6.95. The number of halogens is 2. The Kier molecular flexibility index (Phi) is 5.58. The van der Waals surface area contributed by atoms with Gasteiger partial charge in [0.25, 0.3) is 0 Å². The average Bonchev–Trinajstić information content (AvgIpc) is 2.56. The minimum atomic E-state index is 0.323. The quantitative estimate of drug-likeness (QED) is 0.608. The van der Waals surface area contributed by atoms with E-state index in [0.717, 1.165) is 16.6 Å². The van der Waals surface area contributed by atoms with Gasteiger partial charge in [-0.3, -0.25) is 0 Å². The predicted molar refractivity (Wildman–Crippen MR) is 92.9 cm³/mol. The van der Waals surface area contributed by atoms with Gasteiger partial charge in [0.2, 0.25) is 0 Å². The van der Waals surface area contributed by atoms with E-state index in [-0.39, 0.29) is 0 Å². The van der Waals surface area contributed by atoms with Crippen molar-refractivity contribution >= 4 is 34.2 Å². The van der Waals surface area contributed by atoms with Crippen molar-refractivity contribution in [3.63, 3.8) is 0 Å². The third-order valence-corrected chi connectivity index (χ3v) is 3.44. The normalized spacial score (nSPS) is 10.0. The number of aromatic nitrogens is 2. The Balaban J connectivity index is 0.000000847. The standard InChI is InChI=1S/C15H10Cl2N2O.C2H6/c1-20-13-7-6-9(16)8-10(13)14-15(17)19-12-5-3-2-4-11(12)18-14;1-2/h2-8H,1H3;1-2H3. The molecule has 0 fully saturated rings. The summed E-state index contributed by atoms with van der Waals surface area (Å²) in [6.07, 6.45) is 0. The molecule has 22 heavy (non-hydrogen) atoms. The number of para-hydroxylation sites is 2. The lowest BCUT2D eigenvalue weighted by Gasteiger charge is -2.10. The molecule has 0 bridgehead atoms. The van der Waals surface area contributed by atoms with Crippen LogP contribution in [0.3, 0.4) is 0 Å². The Bertz CT molecular complexity index is 791. The molecule has 0 N–H and O–H groups in total. The van der Waals surface area contributed by atoms with Gasteiger partial charge in [-0.1, -0.05) is 49.2 Å². The number of benzene rings is 2. The van der Waals surface area contributed by atoms with Crippen LogP contribution >= 0.6 is 23.2 Å². The number of hydrogen-bond acceptors (Lipinski definition) is 3. The van der Waals surface area contributed by atoms with E-state index in [4.69, 9.17) is 27.9 Å². The number of nitrogens with zero attached hydrogens (tertiary/aromatic N) is 2. The maximum absolute atomic E-state index is 6.25. The van der Waals surface area contributed by atoms with Crippen LogP contribution in [0.5, 0.6) is 5.75 Å². The van der Waals surface area contributed by atoms with Crippen LogP contribution in [0.1, 0.15) is 13.8 Å². The maximum atomic E-state index is 6.25. The van der Waals surface area contributed by atoms with Crippen LogP contribution in [0.4, 0.5) is 0 Å². The first kappa shape index (κ1) is 16.5. The molecule has 0 aliphatic carbocycles. The van der Waals surface area contributed by atoms with E-state index in [1.807, 2.05) is 38.1 Å². The fourth-order valence-electron chi connectivity index (χ4n) is 2.02. The molecule has 0 spiro atoms. The Morgan fingerprint density at radius 3 is 2.18 bits per heavy atom. The minimum Gasteiger partial charge on any atom is -0.496 e. The van der Waals surface area contributed by atoms with Crippen molar-refractivity contribution < 1.29 is 4.74 Å². The monoisotopic (exact) mass is 334 g/mol. The van der Waals surface area contributed by atoms with E-state index < -0.39 is 0 Å². The maximum Gasteiger partial charge on any atom is 0.156 e. The average molecular weight is 335 g/mol. The minimum absolute atomic E-state index is 0.323. The number of methoxy groups -OCH3 is 1. The van der Waals surface area contributed by atoms with Crippen LogP contribution in [0.15, 0.2) is 42.5 Å². The van der Waals surface area contributed by atoms with Crippen LogP contribution in [0, 0.1) is 0 Å². The highest BCUT2D eigenvalue weighted by Gasteiger charge is 2.14. The fraction of sp³-hybridized carbons (Fsp3) is 0.176. The highest BCUT2D eigenvalue weighted by atomic mass is 35.5.